The Kier molecular flexibility index (Phi) is 9.75. The number of alkyl halides is 3. The van der Waals surface area contributed by atoms with Crippen LogP contribution in [0.1, 0.15) is 35.4 Å². The number of rotatable bonds is 8. The smallest absolute Gasteiger partial charge is 0.417 e. The van der Waals surface area contributed by atoms with Crippen molar-refractivity contribution < 1.29 is 42.2 Å². The van der Waals surface area contributed by atoms with Gasteiger partial charge in [0.05, 0.1) is 46.0 Å². The van der Waals surface area contributed by atoms with Crippen molar-refractivity contribution in [2.24, 2.45) is 23.7 Å². The fourth-order valence-corrected chi connectivity index (χ4v) is 9.58. The minimum Gasteiger partial charge on any atom is -0.491 e. The second-order valence-corrected chi connectivity index (χ2v) is 15.8. The number of pyridine rings is 1. The van der Waals surface area contributed by atoms with E-state index in [4.69, 9.17) is 27.9 Å². The average molecular weight is 871 g/mol. The van der Waals surface area contributed by atoms with Gasteiger partial charge in [0.15, 0.2) is 5.82 Å². The number of hydrogen-bond acceptors (Lipinski definition) is 8. The highest BCUT2D eigenvalue weighted by Crippen LogP contribution is 2.65. The number of carbonyl (C=O) groups is 4. The zero-order chi connectivity index (χ0) is 39.7. The van der Waals surface area contributed by atoms with Crippen LogP contribution in [0.25, 0.3) is 0 Å². The molecule has 6 unspecified atom stereocenters. The second kappa shape index (κ2) is 14.3. The molecule has 4 amide bonds. The van der Waals surface area contributed by atoms with Crippen LogP contribution in [0.5, 0.6) is 5.75 Å². The number of anilines is 2. The quantitative estimate of drug-likeness (QED) is 0.136. The summed E-state index contributed by atoms with van der Waals surface area (Å²) in [4.78, 5) is 63.9. The molecule has 6 atom stereocenters. The lowest BCUT2D eigenvalue weighted by molar-refractivity contribution is -0.139. The number of hydrazine groups is 1. The molecule has 56 heavy (non-hydrogen) atoms. The van der Waals surface area contributed by atoms with Gasteiger partial charge in [-0.25, -0.2) is 4.98 Å². The first-order valence-electron chi connectivity index (χ1n) is 17.6. The lowest BCUT2D eigenvalue weighted by Crippen LogP contribution is -2.53. The van der Waals surface area contributed by atoms with E-state index in [0.29, 0.717) is 45.4 Å². The van der Waals surface area contributed by atoms with Crippen molar-refractivity contribution in [3.63, 3.8) is 0 Å². The number of carbonyl (C=O) groups excluding carboxylic acids is 4. The van der Waals surface area contributed by atoms with Crippen molar-refractivity contribution in [3.8, 4) is 5.75 Å². The number of ether oxygens (including phenoxy) is 1. The minimum absolute atomic E-state index is 0.0457. The number of benzene rings is 3. The Morgan fingerprint density at radius 1 is 0.946 bits per heavy atom. The summed E-state index contributed by atoms with van der Waals surface area (Å²) in [7, 11) is 0. The number of nitrogens with zero attached hydrogens (tertiary/aromatic N) is 3. The SMILES string of the molecule is O=C1C2CC3C(=CCC4C(=O)N(c5ccc(Br)cc5)C(=O)C43)C(c3ccccc3OCCO)C2(c2ccc(Cl)cc2)C(=O)N1Nc1ncc(C(F)(F)F)cc1Cl. The van der Waals surface area contributed by atoms with E-state index < -0.39 is 69.5 Å². The largest absolute Gasteiger partial charge is 0.491 e. The maximum atomic E-state index is 15.4. The molecule has 4 aliphatic rings. The number of halogens is 6. The minimum atomic E-state index is -4.76. The molecule has 2 aliphatic heterocycles. The van der Waals surface area contributed by atoms with E-state index in [2.05, 4.69) is 26.3 Å². The number of aliphatic hydroxyl groups is 1. The van der Waals surface area contributed by atoms with Crippen molar-refractivity contribution in [1.29, 1.82) is 0 Å². The Balaban J connectivity index is 1.32. The maximum absolute atomic E-state index is 15.4. The van der Waals surface area contributed by atoms with Gasteiger partial charge >= 0.3 is 6.18 Å². The van der Waals surface area contributed by atoms with Crippen molar-refractivity contribution in [1.82, 2.24) is 9.99 Å². The second-order valence-electron chi connectivity index (χ2n) is 14.0. The summed E-state index contributed by atoms with van der Waals surface area (Å²) in [6.07, 6.45) is -2.21. The number of amides is 4. The molecule has 0 bridgehead atoms. The molecule has 1 saturated carbocycles. The fraction of sp³-hybridized carbons (Fsp3) is 0.275. The van der Waals surface area contributed by atoms with Crippen LogP contribution in [-0.2, 0) is 30.8 Å². The van der Waals surface area contributed by atoms with Gasteiger partial charge in [0, 0.05) is 27.2 Å². The number of fused-ring (bicyclic) bond motifs is 4. The standard InChI is InChI=1S/C40H30BrCl2F3N4O6/c41-22-7-11-24(12-8-22)49-35(52)27-14-13-25-28(32(27)37(49)54)18-29-36(53)50(48-34-30(43)17-21(19-47-34)40(44,45)46)38(55)39(29,20-5-9-23(42)10-6-20)33(25)26-3-1-2-4-31(26)56-16-15-51/h1-13,17,19,27-29,32-33,51H,14-16,18H2,(H,47,48). The molecule has 3 aromatic carbocycles. The monoisotopic (exact) mass is 868 g/mol. The highest BCUT2D eigenvalue weighted by Gasteiger charge is 2.70. The van der Waals surface area contributed by atoms with Crippen LogP contribution < -0.4 is 15.1 Å². The summed E-state index contributed by atoms with van der Waals surface area (Å²) in [6.45, 7) is -0.417. The number of hydrogen-bond donors (Lipinski definition) is 2. The molecule has 2 saturated heterocycles. The Labute approximate surface area is 336 Å². The van der Waals surface area contributed by atoms with Crippen LogP contribution in [0.4, 0.5) is 24.7 Å². The van der Waals surface area contributed by atoms with Crippen molar-refractivity contribution in [2.45, 2.75) is 30.4 Å². The predicted octanol–water partition coefficient (Wildman–Crippen LogP) is 7.73. The number of imide groups is 2. The highest BCUT2D eigenvalue weighted by molar-refractivity contribution is 9.10. The number of allylic oxidation sites excluding steroid dienone is 2. The molecule has 10 nitrogen and oxygen atoms in total. The molecule has 0 spiro atoms. The molecule has 288 valence electrons. The number of aliphatic hydroxyl groups excluding tert-OH is 1. The summed E-state index contributed by atoms with van der Waals surface area (Å²) in [5.74, 6) is -6.92. The normalized spacial score (nSPS) is 25.8. The van der Waals surface area contributed by atoms with Crippen molar-refractivity contribution in [3.05, 3.63) is 128 Å². The summed E-state index contributed by atoms with van der Waals surface area (Å²) in [6, 6.07) is 20.8. The van der Waals surface area contributed by atoms with Gasteiger partial charge in [-0.3, -0.25) is 29.5 Å². The van der Waals surface area contributed by atoms with Crippen molar-refractivity contribution in [2.75, 3.05) is 23.5 Å². The van der Waals surface area contributed by atoms with Crippen LogP contribution >= 0.6 is 39.1 Å². The predicted molar refractivity (Wildman–Crippen MR) is 203 cm³/mol. The van der Waals surface area contributed by atoms with Gasteiger partial charge in [0.2, 0.25) is 11.8 Å². The lowest BCUT2D eigenvalue weighted by Gasteiger charge is -2.50. The summed E-state index contributed by atoms with van der Waals surface area (Å²) in [5, 5.41) is 10.3. The van der Waals surface area contributed by atoms with Crippen LogP contribution in [0.15, 0.2) is 101 Å². The molecule has 3 fully saturated rings. The van der Waals surface area contributed by atoms with Gasteiger partial charge in [-0.15, -0.1) is 0 Å². The number of aromatic nitrogens is 1. The van der Waals surface area contributed by atoms with Crippen LogP contribution in [-0.4, -0.2) is 51.9 Å². The molecule has 8 rings (SSSR count). The Bertz CT molecular complexity index is 2310. The molecular formula is C40H30BrCl2F3N4O6. The van der Waals surface area contributed by atoms with Gasteiger partial charge in [0.1, 0.15) is 12.4 Å². The Morgan fingerprint density at radius 2 is 1.66 bits per heavy atom. The topological polar surface area (TPSA) is 129 Å². The summed E-state index contributed by atoms with van der Waals surface area (Å²) < 4.78 is 47.3. The molecule has 0 radical (unpaired) electrons. The van der Waals surface area contributed by atoms with Gasteiger partial charge < -0.3 is 9.84 Å². The molecule has 2 N–H and O–H groups in total. The zero-order valence-electron chi connectivity index (χ0n) is 29.0. The first-order valence-corrected chi connectivity index (χ1v) is 19.1. The fourth-order valence-electron chi connectivity index (χ4n) is 8.98. The van der Waals surface area contributed by atoms with E-state index >= 15 is 4.79 Å². The van der Waals surface area contributed by atoms with E-state index in [9.17, 15) is 32.7 Å². The maximum Gasteiger partial charge on any atom is 0.417 e. The molecular weight excluding hydrogens is 840 g/mol. The molecule has 1 aromatic heterocycles. The molecule has 2 aliphatic carbocycles. The van der Waals surface area contributed by atoms with Gasteiger partial charge in [-0.2, -0.15) is 18.2 Å². The zero-order valence-corrected chi connectivity index (χ0v) is 32.1. The van der Waals surface area contributed by atoms with E-state index in [1.165, 1.54) is 4.90 Å². The first kappa shape index (κ1) is 38.1. The van der Waals surface area contributed by atoms with E-state index in [0.717, 1.165) is 9.48 Å². The van der Waals surface area contributed by atoms with E-state index in [1.54, 1.807) is 72.8 Å². The average Bonchev–Trinajstić information content (AvgIpc) is 3.55. The van der Waals surface area contributed by atoms with Gasteiger partial charge in [-0.05, 0) is 72.9 Å². The van der Waals surface area contributed by atoms with Gasteiger partial charge in [-0.1, -0.05) is 81.1 Å². The van der Waals surface area contributed by atoms with E-state index in [1.807, 2.05) is 6.08 Å². The third-order valence-corrected chi connectivity index (χ3v) is 12.3. The Hall–Kier alpha value is -4.76. The third-order valence-electron chi connectivity index (χ3n) is 11.2. The first-order chi connectivity index (χ1) is 26.8. The summed E-state index contributed by atoms with van der Waals surface area (Å²) in [5.41, 5.74) is 1.66. The van der Waals surface area contributed by atoms with Crippen LogP contribution in [0.3, 0.4) is 0 Å². The lowest BCUT2D eigenvalue weighted by atomic mass is 9.49. The van der Waals surface area contributed by atoms with Crippen LogP contribution in [0, 0.1) is 23.7 Å². The van der Waals surface area contributed by atoms with Gasteiger partial charge in [0.25, 0.3) is 11.8 Å². The van der Waals surface area contributed by atoms with Crippen LogP contribution in [0.2, 0.25) is 10.0 Å². The molecule has 16 heteroatoms. The van der Waals surface area contributed by atoms with E-state index in [-0.39, 0.29) is 37.8 Å². The molecule has 4 aromatic rings. The number of nitrogens with one attached hydrogen (secondary N) is 1. The molecule has 3 heterocycles. The highest BCUT2D eigenvalue weighted by atomic mass is 79.9. The number of para-hydroxylation sites is 1. The summed E-state index contributed by atoms with van der Waals surface area (Å²) >= 11 is 16.0. The Morgan fingerprint density at radius 3 is 2.34 bits per heavy atom. The van der Waals surface area contributed by atoms with Crippen molar-refractivity contribution >= 4 is 74.3 Å². The third kappa shape index (κ3) is 6.00.